The molecule has 0 radical (unpaired) electrons. The van der Waals surface area contributed by atoms with E-state index in [4.69, 9.17) is 0 Å². The molecule has 2 rings (SSSR count). The highest BCUT2D eigenvalue weighted by Gasteiger charge is 2.34. The van der Waals surface area contributed by atoms with Crippen molar-refractivity contribution in [2.75, 3.05) is 26.7 Å². The molecule has 2 N–H and O–H groups in total. The van der Waals surface area contributed by atoms with Gasteiger partial charge in [-0.1, -0.05) is 0 Å². The lowest BCUT2D eigenvalue weighted by Crippen LogP contribution is -2.45. The number of aryl methyl sites for hydroxylation is 2. The second-order valence-corrected chi connectivity index (χ2v) is 5.30. The summed E-state index contributed by atoms with van der Waals surface area (Å²) in [7, 11) is 1.72. The van der Waals surface area contributed by atoms with Gasteiger partial charge in [-0.05, 0) is 32.9 Å². The first-order valence-corrected chi connectivity index (χ1v) is 6.68. The van der Waals surface area contributed by atoms with Crippen LogP contribution in [0.15, 0.2) is 6.07 Å². The maximum Gasteiger partial charge on any atom is 0.271 e. The van der Waals surface area contributed by atoms with E-state index in [1.54, 1.807) is 22.7 Å². The monoisotopic (exact) mass is 266 g/mol. The zero-order valence-electron chi connectivity index (χ0n) is 11.8. The van der Waals surface area contributed by atoms with Gasteiger partial charge in [0.25, 0.3) is 5.91 Å². The Labute approximate surface area is 113 Å². The Balaban J connectivity index is 2.10. The molecule has 6 heteroatoms. The van der Waals surface area contributed by atoms with Gasteiger partial charge in [-0.2, -0.15) is 5.10 Å². The molecule has 0 aliphatic carbocycles. The minimum atomic E-state index is -0.809. The molecule has 1 atom stereocenters. The van der Waals surface area contributed by atoms with Crippen LogP contribution in [0.25, 0.3) is 0 Å². The number of nitrogens with zero attached hydrogens (tertiary/aromatic N) is 3. The summed E-state index contributed by atoms with van der Waals surface area (Å²) in [4.78, 5) is 14.0. The molecule has 1 aromatic rings. The molecule has 0 saturated carbocycles. The van der Waals surface area contributed by atoms with Gasteiger partial charge in [0.2, 0.25) is 0 Å². The molecule has 1 saturated heterocycles. The lowest BCUT2D eigenvalue weighted by Gasteiger charge is -2.28. The Morgan fingerprint density at radius 1 is 1.68 bits per heavy atom. The summed E-state index contributed by atoms with van der Waals surface area (Å²) in [5.74, 6) is -0.0947. The topological polar surface area (TPSA) is 70.4 Å². The quantitative estimate of drug-likeness (QED) is 0.805. The van der Waals surface area contributed by atoms with Gasteiger partial charge in [-0.3, -0.25) is 9.48 Å². The Morgan fingerprint density at radius 3 is 3.00 bits per heavy atom. The van der Waals surface area contributed by atoms with Crippen LogP contribution in [-0.4, -0.2) is 58.0 Å². The van der Waals surface area contributed by atoms with Gasteiger partial charge in [0, 0.05) is 20.1 Å². The molecule has 0 aromatic carbocycles. The largest absolute Gasteiger partial charge is 0.387 e. The van der Waals surface area contributed by atoms with Gasteiger partial charge in [0.05, 0.1) is 17.8 Å². The average molecular weight is 266 g/mol. The Morgan fingerprint density at radius 2 is 2.42 bits per heavy atom. The molecular formula is C13H22N4O2. The highest BCUT2D eigenvalue weighted by Crippen LogP contribution is 2.17. The van der Waals surface area contributed by atoms with Crippen molar-refractivity contribution >= 4 is 5.91 Å². The summed E-state index contributed by atoms with van der Waals surface area (Å²) < 4.78 is 1.70. The summed E-state index contributed by atoms with van der Waals surface area (Å²) in [6, 6.07) is 1.79. The number of carbonyl (C=O) groups excluding carboxylic acids is 1. The SMILES string of the molecule is CCn1nc(C)cc1C(=O)N(C)CC1(O)CCNC1. The van der Waals surface area contributed by atoms with Crippen LogP contribution in [0.5, 0.6) is 0 Å². The van der Waals surface area contributed by atoms with E-state index in [2.05, 4.69) is 10.4 Å². The van der Waals surface area contributed by atoms with Crippen molar-refractivity contribution in [3.8, 4) is 0 Å². The van der Waals surface area contributed by atoms with E-state index in [9.17, 15) is 9.90 Å². The molecule has 6 nitrogen and oxygen atoms in total. The van der Waals surface area contributed by atoms with E-state index < -0.39 is 5.60 Å². The molecule has 1 unspecified atom stereocenters. The predicted octanol–water partition coefficient (Wildman–Crippen LogP) is 0.00782. The molecule has 1 amide bonds. The van der Waals surface area contributed by atoms with Gasteiger partial charge in [0.1, 0.15) is 5.69 Å². The van der Waals surface area contributed by atoms with E-state index in [0.717, 1.165) is 12.2 Å². The van der Waals surface area contributed by atoms with Gasteiger partial charge in [-0.15, -0.1) is 0 Å². The van der Waals surface area contributed by atoms with Crippen molar-refractivity contribution < 1.29 is 9.90 Å². The normalized spacial score (nSPS) is 22.7. The van der Waals surface area contributed by atoms with E-state index in [-0.39, 0.29) is 5.91 Å². The fourth-order valence-corrected chi connectivity index (χ4v) is 2.53. The molecule has 19 heavy (non-hydrogen) atoms. The minimum Gasteiger partial charge on any atom is -0.387 e. The molecular weight excluding hydrogens is 244 g/mol. The summed E-state index contributed by atoms with van der Waals surface area (Å²) in [5.41, 5.74) is 0.605. The smallest absolute Gasteiger partial charge is 0.271 e. The Kier molecular flexibility index (Phi) is 3.91. The summed E-state index contributed by atoms with van der Waals surface area (Å²) in [6.45, 7) is 6.16. The maximum absolute atomic E-state index is 12.4. The third-order valence-electron chi connectivity index (χ3n) is 3.52. The van der Waals surface area contributed by atoms with Gasteiger partial charge >= 0.3 is 0 Å². The van der Waals surface area contributed by atoms with Crippen LogP contribution in [0.2, 0.25) is 0 Å². The number of aliphatic hydroxyl groups is 1. The van der Waals surface area contributed by atoms with Crippen LogP contribution < -0.4 is 5.32 Å². The van der Waals surface area contributed by atoms with Crippen LogP contribution >= 0.6 is 0 Å². The number of aromatic nitrogens is 2. The highest BCUT2D eigenvalue weighted by atomic mass is 16.3. The fraction of sp³-hybridized carbons (Fsp3) is 0.692. The first-order valence-electron chi connectivity index (χ1n) is 6.68. The van der Waals surface area contributed by atoms with Crippen molar-refractivity contribution in [2.24, 2.45) is 0 Å². The van der Waals surface area contributed by atoms with Gasteiger partial charge < -0.3 is 15.3 Å². The van der Waals surface area contributed by atoms with Crippen LogP contribution in [-0.2, 0) is 6.54 Å². The highest BCUT2D eigenvalue weighted by molar-refractivity contribution is 5.92. The van der Waals surface area contributed by atoms with E-state index >= 15 is 0 Å². The van der Waals surface area contributed by atoms with Gasteiger partial charge in [0.15, 0.2) is 0 Å². The van der Waals surface area contributed by atoms with Crippen LogP contribution in [0.3, 0.4) is 0 Å². The molecule has 1 aliphatic heterocycles. The molecule has 2 heterocycles. The van der Waals surface area contributed by atoms with Crippen molar-refractivity contribution in [2.45, 2.75) is 32.4 Å². The third-order valence-corrected chi connectivity index (χ3v) is 3.52. The zero-order valence-corrected chi connectivity index (χ0v) is 11.8. The standard InChI is InChI=1S/C13H22N4O2/c1-4-17-11(7-10(2)15-17)12(18)16(3)9-13(19)5-6-14-8-13/h7,14,19H,4-6,8-9H2,1-3H3. The zero-order chi connectivity index (χ0) is 14.0. The number of hydrogen-bond donors (Lipinski definition) is 2. The number of carbonyl (C=O) groups is 1. The molecule has 106 valence electrons. The lowest BCUT2D eigenvalue weighted by atomic mass is 10.0. The van der Waals surface area contributed by atoms with Crippen molar-refractivity contribution in [1.29, 1.82) is 0 Å². The lowest BCUT2D eigenvalue weighted by molar-refractivity contribution is 0.0247. The number of nitrogens with one attached hydrogen (secondary N) is 1. The number of hydrogen-bond acceptors (Lipinski definition) is 4. The number of rotatable bonds is 4. The molecule has 0 bridgehead atoms. The number of likely N-dealkylation sites (N-methyl/N-ethyl adjacent to an activating group) is 1. The van der Waals surface area contributed by atoms with Crippen LogP contribution in [0.4, 0.5) is 0 Å². The van der Waals surface area contributed by atoms with Crippen molar-refractivity contribution in [3.05, 3.63) is 17.5 Å². The average Bonchev–Trinajstić information content (AvgIpc) is 2.94. The number of amides is 1. The number of β-amino-alcohol motifs (C(OH)–C–C–N with tert-alkyl or cyclic N) is 1. The predicted molar refractivity (Wildman–Crippen MR) is 72.0 cm³/mol. The Bertz CT molecular complexity index is 463. The molecule has 1 fully saturated rings. The molecule has 1 aliphatic rings. The van der Waals surface area contributed by atoms with Crippen molar-refractivity contribution in [3.63, 3.8) is 0 Å². The summed E-state index contributed by atoms with van der Waals surface area (Å²) in [5, 5.41) is 17.7. The van der Waals surface area contributed by atoms with Crippen LogP contribution in [0.1, 0.15) is 29.5 Å². The van der Waals surface area contributed by atoms with E-state index in [1.165, 1.54) is 0 Å². The van der Waals surface area contributed by atoms with Crippen molar-refractivity contribution in [1.82, 2.24) is 20.0 Å². The minimum absolute atomic E-state index is 0.0947. The first kappa shape index (κ1) is 14.0. The molecule has 1 aromatic heterocycles. The first-order chi connectivity index (χ1) is 8.95. The second kappa shape index (κ2) is 5.30. The maximum atomic E-state index is 12.4. The molecule has 0 spiro atoms. The summed E-state index contributed by atoms with van der Waals surface area (Å²) >= 11 is 0. The third kappa shape index (κ3) is 2.96. The fourth-order valence-electron chi connectivity index (χ4n) is 2.53. The van der Waals surface area contributed by atoms with Crippen LogP contribution in [0, 0.1) is 6.92 Å². The Hall–Kier alpha value is -1.40. The summed E-state index contributed by atoms with van der Waals surface area (Å²) in [6.07, 6.45) is 0.677. The van der Waals surface area contributed by atoms with Gasteiger partial charge in [-0.25, -0.2) is 0 Å². The van der Waals surface area contributed by atoms with E-state index in [0.29, 0.717) is 31.7 Å². The van der Waals surface area contributed by atoms with E-state index in [1.807, 2.05) is 13.8 Å². The second-order valence-electron chi connectivity index (χ2n) is 5.30.